The van der Waals surface area contributed by atoms with Gasteiger partial charge in [0.25, 0.3) is 0 Å². The monoisotopic (exact) mass is 363 g/mol. The second-order valence-electron chi connectivity index (χ2n) is 4.37. The van der Waals surface area contributed by atoms with Gasteiger partial charge in [-0.25, -0.2) is 0 Å². The van der Waals surface area contributed by atoms with Crippen LogP contribution in [0, 0.1) is 5.92 Å². The van der Waals surface area contributed by atoms with Crippen LogP contribution in [0.2, 0.25) is 0 Å². The Bertz CT molecular complexity index is 342. The molecule has 0 amide bonds. The zero-order valence-corrected chi connectivity index (χ0v) is 13.5. The van der Waals surface area contributed by atoms with Gasteiger partial charge in [-0.05, 0) is 59.6 Å². The third-order valence-electron chi connectivity index (χ3n) is 2.20. The molecule has 0 aliphatic heterocycles. The van der Waals surface area contributed by atoms with Crippen molar-refractivity contribution in [3.05, 3.63) is 27.1 Å². The summed E-state index contributed by atoms with van der Waals surface area (Å²) in [6, 6.07) is 5.94. The van der Waals surface area contributed by atoms with Gasteiger partial charge < -0.3 is 10.1 Å². The summed E-state index contributed by atoms with van der Waals surface area (Å²) in [5.41, 5.74) is 0. The lowest BCUT2D eigenvalue weighted by Gasteiger charge is -2.10. The Morgan fingerprint density at radius 1 is 1.29 bits per heavy atom. The maximum absolute atomic E-state index is 5.69. The van der Waals surface area contributed by atoms with Crippen LogP contribution in [0.5, 0.6) is 5.75 Å². The number of hydrogen-bond acceptors (Lipinski definition) is 2. The van der Waals surface area contributed by atoms with Gasteiger partial charge in [0.05, 0.1) is 11.1 Å². The Hall–Kier alpha value is -0.0600. The quantitative estimate of drug-likeness (QED) is 0.731. The third-order valence-corrected chi connectivity index (χ3v) is 3.31. The summed E-state index contributed by atoms with van der Waals surface area (Å²) in [4.78, 5) is 0. The van der Waals surface area contributed by atoms with Crippen molar-refractivity contribution in [2.45, 2.75) is 20.3 Å². The van der Waals surface area contributed by atoms with Crippen LogP contribution >= 0.6 is 31.9 Å². The molecule has 0 atom stereocenters. The fraction of sp³-hybridized carbons (Fsp3) is 0.538. The van der Waals surface area contributed by atoms with E-state index in [1.807, 2.05) is 18.2 Å². The fourth-order valence-electron chi connectivity index (χ4n) is 1.36. The molecule has 0 heterocycles. The molecule has 1 N–H and O–H groups in total. The maximum Gasteiger partial charge on any atom is 0.133 e. The number of rotatable bonds is 7. The van der Waals surface area contributed by atoms with Gasteiger partial charge >= 0.3 is 0 Å². The first-order chi connectivity index (χ1) is 8.09. The Morgan fingerprint density at radius 2 is 2.06 bits per heavy atom. The zero-order chi connectivity index (χ0) is 12.7. The number of halogens is 2. The molecule has 1 aromatic carbocycles. The minimum atomic E-state index is 0.705. The van der Waals surface area contributed by atoms with Crippen molar-refractivity contribution in [2.75, 3.05) is 19.7 Å². The van der Waals surface area contributed by atoms with Gasteiger partial charge in [0.2, 0.25) is 0 Å². The second-order valence-corrected chi connectivity index (χ2v) is 6.14. The van der Waals surface area contributed by atoms with Crippen LogP contribution in [0.3, 0.4) is 0 Å². The van der Waals surface area contributed by atoms with Crippen molar-refractivity contribution in [1.29, 1.82) is 0 Å². The number of nitrogens with one attached hydrogen (secondary N) is 1. The highest BCUT2D eigenvalue weighted by Gasteiger charge is 2.01. The highest BCUT2D eigenvalue weighted by molar-refractivity contribution is 9.11. The first kappa shape index (κ1) is 15.0. The Balaban J connectivity index is 2.18. The molecule has 1 rings (SSSR count). The molecule has 0 radical (unpaired) electrons. The summed E-state index contributed by atoms with van der Waals surface area (Å²) in [6.45, 7) is 7.24. The van der Waals surface area contributed by atoms with Crippen molar-refractivity contribution in [2.24, 2.45) is 5.92 Å². The molecular formula is C13H19Br2NO. The summed E-state index contributed by atoms with van der Waals surface area (Å²) in [6.07, 6.45) is 1.02. The molecule has 0 aromatic heterocycles. The Morgan fingerprint density at radius 3 is 2.71 bits per heavy atom. The summed E-state index contributed by atoms with van der Waals surface area (Å²) >= 11 is 6.89. The van der Waals surface area contributed by atoms with Crippen molar-refractivity contribution in [3.8, 4) is 5.75 Å². The molecule has 0 aliphatic rings. The van der Waals surface area contributed by atoms with Crippen LogP contribution in [0.15, 0.2) is 27.1 Å². The zero-order valence-electron chi connectivity index (χ0n) is 10.3. The molecule has 96 valence electrons. The van der Waals surface area contributed by atoms with Gasteiger partial charge in [0.15, 0.2) is 0 Å². The normalized spacial score (nSPS) is 10.9. The van der Waals surface area contributed by atoms with E-state index in [4.69, 9.17) is 4.74 Å². The van der Waals surface area contributed by atoms with E-state index in [0.29, 0.717) is 5.92 Å². The van der Waals surface area contributed by atoms with Crippen LogP contribution in [0.25, 0.3) is 0 Å². The van der Waals surface area contributed by atoms with Crippen molar-refractivity contribution in [3.63, 3.8) is 0 Å². The first-order valence-corrected chi connectivity index (χ1v) is 7.46. The lowest BCUT2D eigenvalue weighted by atomic mass is 10.2. The van der Waals surface area contributed by atoms with E-state index in [2.05, 4.69) is 51.0 Å². The van der Waals surface area contributed by atoms with E-state index >= 15 is 0 Å². The number of benzene rings is 1. The van der Waals surface area contributed by atoms with E-state index in [0.717, 1.165) is 40.8 Å². The maximum atomic E-state index is 5.69. The topological polar surface area (TPSA) is 21.3 Å². The Labute approximate surface area is 120 Å². The molecule has 4 heteroatoms. The predicted octanol–water partition coefficient (Wildman–Crippen LogP) is 4.23. The van der Waals surface area contributed by atoms with Gasteiger partial charge in [0, 0.05) is 4.47 Å². The van der Waals surface area contributed by atoms with E-state index in [1.165, 1.54) is 0 Å². The highest BCUT2D eigenvalue weighted by atomic mass is 79.9. The predicted molar refractivity (Wildman–Crippen MR) is 79.7 cm³/mol. The molecule has 0 saturated heterocycles. The molecule has 0 saturated carbocycles. The van der Waals surface area contributed by atoms with Crippen molar-refractivity contribution >= 4 is 31.9 Å². The molecular weight excluding hydrogens is 346 g/mol. The van der Waals surface area contributed by atoms with Gasteiger partial charge in [0.1, 0.15) is 5.75 Å². The minimum Gasteiger partial charge on any atom is -0.492 e. The Kier molecular flexibility index (Phi) is 7.16. The van der Waals surface area contributed by atoms with Crippen LogP contribution < -0.4 is 10.1 Å². The standard InChI is InChI=1S/C13H19Br2NO/c1-10(2)9-16-6-3-7-17-13-5-4-11(14)8-12(13)15/h4-5,8,10,16H,3,6-7,9H2,1-2H3. The van der Waals surface area contributed by atoms with Crippen LogP contribution in [0.1, 0.15) is 20.3 Å². The number of hydrogen-bond donors (Lipinski definition) is 1. The van der Waals surface area contributed by atoms with Gasteiger partial charge in [-0.3, -0.25) is 0 Å². The molecule has 2 nitrogen and oxygen atoms in total. The molecule has 0 aliphatic carbocycles. The minimum absolute atomic E-state index is 0.705. The summed E-state index contributed by atoms with van der Waals surface area (Å²) in [5.74, 6) is 1.61. The molecule has 0 fully saturated rings. The van der Waals surface area contributed by atoms with Crippen LogP contribution in [-0.4, -0.2) is 19.7 Å². The van der Waals surface area contributed by atoms with Gasteiger partial charge in [-0.1, -0.05) is 29.8 Å². The van der Waals surface area contributed by atoms with E-state index in [9.17, 15) is 0 Å². The third kappa shape index (κ3) is 6.43. The molecule has 17 heavy (non-hydrogen) atoms. The van der Waals surface area contributed by atoms with E-state index in [-0.39, 0.29) is 0 Å². The average molecular weight is 365 g/mol. The lowest BCUT2D eigenvalue weighted by molar-refractivity contribution is 0.305. The second kappa shape index (κ2) is 8.11. The average Bonchev–Trinajstić information content (AvgIpc) is 2.25. The fourth-order valence-corrected chi connectivity index (χ4v) is 2.52. The molecule has 0 unspecified atom stereocenters. The summed E-state index contributed by atoms with van der Waals surface area (Å²) in [5, 5.41) is 3.40. The van der Waals surface area contributed by atoms with E-state index in [1.54, 1.807) is 0 Å². The SMILES string of the molecule is CC(C)CNCCCOc1ccc(Br)cc1Br. The largest absolute Gasteiger partial charge is 0.492 e. The number of ether oxygens (including phenoxy) is 1. The molecule has 0 bridgehead atoms. The highest BCUT2D eigenvalue weighted by Crippen LogP contribution is 2.28. The van der Waals surface area contributed by atoms with Crippen molar-refractivity contribution in [1.82, 2.24) is 5.32 Å². The smallest absolute Gasteiger partial charge is 0.133 e. The first-order valence-electron chi connectivity index (χ1n) is 5.88. The summed E-state index contributed by atoms with van der Waals surface area (Å²) in [7, 11) is 0. The molecule has 0 spiro atoms. The van der Waals surface area contributed by atoms with Crippen LogP contribution in [-0.2, 0) is 0 Å². The summed E-state index contributed by atoms with van der Waals surface area (Å²) < 4.78 is 7.73. The van der Waals surface area contributed by atoms with Gasteiger partial charge in [-0.2, -0.15) is 0 Å². The molecule has 1 aromatic rings. The van der Waals surface area contributed by atoms with Crippen molar-refractivity contribution < 1.29 is 4.74 Å². The lowest BCUT2D eigenvalue weighted by Crippen LogP contribution is -2.22. The van der Waals surface area contributed by atoms with Crippen LogP contribution in [0.4, 0.5) is 0 Å². The van der Waals surface area contributed by atoms with E-state index < -0.39 is 0 Å². The van der Waals surface area contributed by atoms with Gasteiger partial charge in [-0.15, -0.1) is 0 Å².